The first-order valence-electron chi connectivity index (χ1n) is 5.87. The number of hydrogen-bond acceptors (Lipinski definition) is 3. The Morgan fingerprint density at radius 3 is 2.67 bits per heavy atom. The Kier molecular flexibility index (Phi) is 3.66. The van der Waals surface area contributed by atoms with Crippen molar-refractivity contribution in [3.05, 3.63) is 22.2 Å². The Hall–Kier alpha value is -1.42. The van der Waals surface area contributed by atoms with Gasteiger partial charge in [-0.15, -0.1) is 0 Å². The zero-order valence-electron chi connectivity index (χ0n) is 10.3. The molecule has 0 fully saturated rings. The molecule has 0 bridgehead atoms. The molecule has 0 aromatic heterocycles. The molecule has 5 heteroatoms. The summed E-state index contributed by atoms with van der Waals surface area (Å²) >= 11 is 6.04. The summed E-state index contributed by atoms with van der Waals surface area (Å²) in [6, 6.07) is 1.53. The Morgan fingerprint density at radius 2 is 2.06 bits per heavy atom. The highest BCUT2D eigenvalue weighted by Gasteiger charge is 2.26. The van der Waals surface area contributed by atoms with Crippen LogP contribution >= 0.6 is 11.6 Å². The molecule has 1 aliphatic heterocycles. The van der Waals surface area contributed by atoms with Crippen molar-refractivity contribution in [1.82, 2.24) is 0 Å². The predicted molar refractivity (Wildman–Crippen MR) is 68.1 cm³/mol. The molecule has 0 saturated heterocycles. The lowest BCUT2D eigenvalue weighted by atomic mass is 9.95. The second kappa shape index (κ2) is 5.06. The highest BCUT2D eigenvalue weighted by atomic mass is 35.5. The maximum atomic E-state index is 11.3. The standard InChI is InChI=1S/C13H15ClO4/c1-7(2)10-11(13(15)16)8(14)6-9-12(10)18-5-3-4-17-9/h6-7H,3-5H2,1-2H3,(H,15,16). The van der Waals surface area contributed by atoms with Crippen molar-refractivity contribution in [2.24, 2.45) is 0 Å². The van der Waals surface area contributed by atoms with E-state index >= 15 is 0 Å². The van der Waals surface area contributed by atoms with Gasteiger partial charge in [-0.2, -0.15) is 0 Å². The van der Waals surface area contributed by atoms with Crippen LogP contribution in [-0.4, -0.2) is 24.3 Å². The normalized spacial score (nSPS) is 14.4. The number of benzene rings is 1. The van der Waals surface area contributed by atoms with Crippen molar-refractivity contribution in [1.29, 1.82) is 0 Å². The summed E-state index contributed by atoms with van der Waals surface area (Å²) < 4.78 is 11.2. The van der Waals surface area contributed by atoms with Crippen LogP contribution in [0, 0.1) is 0 Å². The molecule has 4 nitrogen and oxygen atoms in total. The van der Waals surface area contributed by atoms with Crippen molar-refractivity contribution < 1.29 is 19.4 Å². The summed E-state index contributed by atoms with van der Waals surface area (Å²) in [5.41, 5.74) is 0.711. The lowest BCUT2D eigenvalue weighted by Gasteiger charge is -2.18. The molecule has 0 aliphatic carbocycles. The number of ether oxygens (including phenoxy) is 2. The molecular weight excluding hydrogens is 256 g/mol. The Labute approximate surface area is 110 Å². The van der Waals surface area contributed by atoms with Crippen LogP contribution in [0.15, 0.2) is 6.07 Å². The van der Waals surface area contributed by atoms with E-state index in [0.29, 0.717) is 30.3 Å². The van der Waals surface area contributed by atoms with E-state index in [1.165, 1.54) is 6.07 Å². The molecule has 1 aromatic carbocycles. The summed E-state index contributed by atoms with van der Waals surface area (Å²) in [4.78, 5) is 11.3. The van der Waals surface area contributed by atoms with Gasteiger partial charge in [-0.3, -0.25) is 0 Å². The minimum absolute atomic E-state index is 0.00903. The Bertz CT molecular complexity index is 482. The smallest absolute Gasteiger partial charge is 0.337 e. The molecule has 2 rings (SSSR count). The third-order valence-corrected chi connectivity index (χ3v) is 3.12. The summed E-state index contributed by atoms with van der Waals surface area (Å²) in [7, 11) is 0. The first-order valence-corrected chi connectivity index (χ1v) is 6.25. The highest BCUT2D eigenvalue weighted by molar-refractivity contribution is 6.34. The molecule has 0 spiro atoms. The number of carbonyl (C=O) groups is 1. The van der Waals surface area contributed by atoms with Crippen LogP contribution in [0.3, 0.4) is 0 Å². The van der Waals surface area contributed by atoms with Gasteiger partial charge in [0.1, 0.15) is 0 Å². The van der Waals surface area contributed by atoms with Gasteiger partial charge in [-0.25, -0.2) is 4.79 Å². The number of carboxylic acid groups (broad SMARTS) is 1. The molecule has 18 heavy (non-hydrogen) atoms. The number of carboxylic acids is 1. The minimum atomic E-state index is -1.04. The first-order chi connectivity index (χ1) is 8.52. The fourth-order valence-corrected chi connectivity index (χ4v) is 2.35. The van der Waals surface area contributed by atoms with E-state index < -0.39 is 5.97 Å². The second-order valence-electron chi connectivity index (χ2n) is 4.48. The van der Waals surface area contributed by atoms with Crippen molar-refractivity contribution in [3.63, 3.8) is 0 Å². The van der Waals surface area contributed by atoms with E-state index in [0.717, 1.165) is 6.42 Å². The first kappa shape index (κ1) is 13.0. The molecule has 1 heterocycles. The second-order valence-corrected chi connectivity index (χ2v) is 4.89. The lowest BCUT2D eigenvalue weighted by Crippen LogP contribution is -2.08. The maximum absolute atomic E-state index is 11.3. The molecule has 98 valence electrons. The molecule has 0 radical (unpaired) electrons. The SMILES string of the molecule is CC(C)c1c2c(cc(Cl)c1C(=O)O)OCCCO2. The fourth-order valence-electron chi connectivity index (χ4n) is 2.07. The zero-order chi connectivity index (χ0) is 13.3. The van der Waals surface area contributed by atoms with E-state index in [1.807, 2.05) is 13.8 Å². The van der Waals surface area contributed by atoms with E-state index in [9.17, 15) is 9.90 Å². The Balaban J connectivity index is 2.69. The summed E-state index contributed by atoms with van der Waals surface area (Å²) in [6.07, 6.45) is 0.770. The number of aromatic carboxylic acids is 1. The molecule has 0 unspecified atom stereocenters. The van der Waals surface area contributed by atoms with E-state index in [2.05, 4.69) is 0 Å². The zero-order valence-corrected chi connectivity index (χ0v) is 11.1. The quantitative estimate of drug-likeness (QED) is 0.896. The van der Waals surface area contributed by atoms with Crippen molar-refractivity contribution in [3.8, 4) is 11.5 Å². The maximum Gasteiger partial charge on any atom is 0.337 e. The average molecular weight is 271 g/mol. The third kappa shape index (κ3) is 2.25. The molecular formula is C13H15ClO4. The van der Waals surface area contributed by atoms with Crippen molar-refractivity contribution >= 4 is 17.6 Å². The predicted octanol–water partition coefficient (Wildman–Crippen LogP) is 3.32. The molecule has 1 aromatic rings. The van der Waals surface area contributed by atoms with E-state index in [-0.39, 0.29) is 16.5 Å². The molecule has 0 amide bonds. The molecule has 0 atom stereocenters. The van der Waals surface area contributed by atoms with Crippen LogP contribution in [0.5, 0.6) is 11.5 Å². The largest absolute Gasteiger partial charge is 0.489 e. The summed E-state index contributed by atoms with van der Waals surface area (Å²) in [5, 5.41) is 9.48. The monoisotopic (exact) mass is 270 g/mol. The van der Waals surface area contributed by atoms with Gasteiger partial charge in [0.2, 0.25) is 0 Å². The van der Waals surface area contributed by atoms with Crippen LogP contribution in [0.2, 0.25) is 5.02 Å². The topological polar surface area (TPSA) is 55.8 Å². The van der Waals surface area contributed by atoms with Gasteiger partial charge in [-0.1, -0.05) is 25.4 Å². The minimum Gasteiger partial charge on any atom is -0.489 e. The van der Waals surface area contributed by atoms with Gasteiger partial charge >= 0.3 is 5.97 Å². The molecule has 0 saturated carbocycles. The highest BCUT2D eigenvalue weighted by Crippen LogP contribution is 2.43. The van der Waals surface area contributed by atoms with Crippen molar-refractivity contribution in [2.45, 2.75) is 26.2 Å². The summed E-state index contributed by atoms with van der Waals surface area (Å²) in [5.74, 6) is 0.0000898. The van der Waals surface area contributed by atoms with Crippen LogP contribution in [-0.2, 0) is 0 Å². The number of rotatable bonds is 2. The van der Waals surface area contributed by atoms with Crippen LogP contribution in [0.4, 0.5) is 0 Å². The van der Waals surface area contributed by atoms with Gasteiger partial charge < -0.3 is 14.6 Å². The van der Waals surface area contributed by atoms with Gasteiger partial charge in [0.25, 0.3) is 0 Å². The van der Waals surface area contributed by atoms with Gasteiger partial charge in [0.05, 0.1) is 23.8 Å². The van der Waals surface area contributed by atoms with Gasteiger partial charge in [0.15, 0.2) is 11.5 Å². The lowest BCUT2D eigenvalue weighted by molar-refractivity contribution is 0.0694. The van der Waals surface area contributed by atoms with Crippen LogP contribution in [0.1, 0.15) is 42.1 Å². The average Bonchev–Trinajstić information content (AvgIpc) is 2.51. The fraction of sp³-hybridized carbons (Fsp3) is 0.462. The Morgan fingerprint density at radius 1 is 1.39 bits per heavy atom. The van der Waals surface area contributed by atoms with Crippen molar-refractivity contribution in [2.75, 3.05) is 13.2 Å². The van der Waals surface area contributed by atoms with E-state index in [1.54, 1.807) is 0 Å². The molecule has 1 N–H and O–H groups in total. The van der Waals surface area contributed by atoms with Gasteiger partial charge in [0, 0.05) is 18.1 Å². The van der Waals surface area contributed by atoms with Crippen LogP contribution < -0.4 is 9.47 Å². The van der Waals surface area contributed by atoms with Gasteiger partial charge in [-0.05, 0) is 5.92 Å². The number of fused-ring (bicyclic) bond motifs is 1. The number of hydrogen-bond donors (Lipinski definition) is 1. The van der Waals surface area contributed by atoms with Crippen LogP contribution in [0.25, 0.3) is 0 Å². The third-order valence-electron chi connectivity index (χ3n) is 2.82. The summed E-state index contributed by atoms with van der Waals surface area (Å²) in [6.45, 7) is 4.89. The molecule has 1 aliphatic rings. The van der Waals surface area contributed by atoms with E-state index in [4.69, 9.17) is 21.1 Å². The number of halogens is 1.